The largest absolute Gasteiger partial charge is 0.481 e. The number of carbonyl (C=O) groups is 8. The molecule has 7 atom stereocenters. The predicted octanol–water partition coefficient (Wildman–Crippen LogP) is 1.43. The molecule has 302 valence electrons. The average molecular weight is 791 g/mol. The van der Waals surface area contributed by atoms with Gasteiger partial charge in [0.15, 0.2) is 24.6 Å². The Balaban J connectivity index is 1.65. The van der Waals surface area contributed by atoms with E-state index in [1.165, 1.54) is 0 Å². The van der Waals surface area contributed by atoms with Crippen LogP contribution in [-0.4, -0.2) is 121 Å². The van der Waals surface area contributed by atoms with Crippen LogP contribution in [0.5, 0.6) is 0 Å². The van der Waals surface area contributed by atoms with Crippen LogP contribution in [-0.2, 0) is 66.7 Å². The lowest BCUT2D eigenvalue weighted by Crippen LogP contribution is -2.63. The van der Waals surface area contributed by atoms with E-state index in [9.17, 15) is 43.5 Å². The van der Waals surface area contributed by atoms with Crippen LogP contribution in [0.4, 0.5) is 4.79 Å². The summed E-state index contributed by atoms with van der Waals surface area (Å²) in [4.78, 5) is 99.5. The Bertz CT molecular complexity index is 1860. The van der Waals surface area contributed by atoms with Gasteiger partial charge in [-0.2, -0.15) is 0 Å². The maximum absolute atomic E-state index is 13.7. The second kappa shape index (κ2) is 19.5. The van der Waals surface area contributed by atoms with Crippen LogP contribution in [0, 0.1) is 0 Å². The molecule has 1 aliphatic heterocycles. The lowest BCUT2D eigenvalue weighted by molar-refractivity contribution is -0.308. The topological polar surface area (TPSA) is 266 Å². The van der Waals surface area contributed by atoms with Crippen molar-refractivity contribution >= 4 is 47.8 Å². The highest BCUT2D eigenvalue weighted by Crippen LogP contribution is 2.44. The Morgan fingerprint density at radius 1 is 0.714 bits per heavy atom. The molecule has 19 nitrogen and oxygen atoms in total. The Morgan fingerprint density at radius 2 is 1.29 bits per heavy atom. The van der Waals surface area contributed by atoms with Gasteiger partial charge in [-0.05, 0) is 28.7 Å². The lowest BCUT2D eigenvalue weighted by Gasteiger charge is -2.44. The van der Waals surface area contributed by atoms with Crippen molar-refractivity contribution in [1.82, 2.24) is 10.6 Å². The molecule has 1 aliphatic carbocycles. The van der Waals surface area contributed by atoms with E-state index in [1.54, 1.807) is 0 Å². The van der Waals surface area contributed by atoms with Crippen molar-refractivity contribution in [3.8, 4) is 11.1 Å². The third-order valence-corrected chi connectivity index (χ3v) is 8.44. The molecule has 2 aromatic rings. The van der Waals surface area contributed by atoms with Gasteiger partial charge in [0.1, 0.15) is 31.4 Å². The summed E-state index contributed by atoms with van der Waals surface area (Å²) in [5, 5.41) is 23.2. The molecule has 0 aromatic heterocycles. The Kier molecular flexibility index (Phi) is 12.8. The van der Waals surface area contributed by atoms with Crippen LogP contribution < -0.4 is 10.6 Å². The first-order valence-electron chi connectivity index (χ1n) is 19.6. The van der Waals surface area contributed by atoms with E-state index in [0.29, 0.717) is 0 Å². The highest BCUT2D eigenvalue weighted by molar-refractivity contribution is 5.89. The number of carboxylic acid groups (broad SMARTS) is 2. The van der Waals surface area contributed by atoms with E-state index >= 15 is 0 Å². The number of aliphatic carboxylic acids is 2. The van der Waals surface area contributed by atoms with Crippen molar-refractivity contribution in [3.05, 3.63) is 59.7 Å². The fourth-order valence-electron chi connectivity index (χ4n) is 6.13. The molecule has 4 rings (SSSR count). The van der Waals surface area contributed by atoms with Gasteiger partial charge in [-0.3, -0.25) is 28.8 Å². The molecule has 1 saturated heterocycles. The number of alkyl carbamates (subject to hydrolysis) is 1. The van der Waals surface area contributed by atoms with Gasteiger partial charge in [0.25, 0.3) is 0 Å². The fraction of sp³-hybridized carbons (Fsp3) is 0.459. The highest BCUT2D eigenvalue weighted by Gasteiger charge is 2.53. The van der Waals surface area contributed by atoms with E-state index in [-0.39, 0.29) is 6.61 Å². The first-order valence-corrected chi connectivity index (χ1v) is 16.8. The Labute approximate surface area is 325 Å². The number of ether oxygens (including phenoxy) is 7. The zero-order valence-electron chi connectivity index (χ0n) is 33.6. The molecule has 56 heavy (non-hydrogen) atoms. The third kappa shape index (κ3) is 11.5. The summed E-state index contributed by atoms with van der Waals surface area (Å²) in [7, 11) is 0. The van der Waals surface area contributed by atoms with Crippen LogP contribution in [0.1, 0.15) is 63.0 Å². The molecule has 0 spiro atoms. The summed E-state index contributed by atoms with van der Waals surface area (Å²) in [5.74, 6) is -9.52. The number of fused-ring (bicyclic) bond motifs is 3. The molecule has 1 unspecified atom stereocenters. The molecule has 2 aliphatic rings. The van der Waals surface area contributed by atoms with Gasteiger partial charge in [0.2, 0.25) is 5.91 Å². The number of hydrogen-bond acceptors (Lipinski definition) is 15. The minimum Gasteiger partial charge on any atom is -0.481 e. The van der Waals surface area contributed by atoms with Crippen molar-refractivity contribution < 1.29 is 87.2 Å². The van der Waals surface area contributed by atoms with Crippen molar-refractivity contribution in [2.75, 3.05) is 19.8 Å². The number of carbonyl (C=O) groups excluding carboxylic acids is 6. The van der Waals surface area contributed by atoms with Crippen LogP contribution in [0.3, 0.4) is 0 Å². The van der Waals surface area contributed by atoms with Crippen LogP contribution in [0.15, 0.2) is 48.5 Å². The maximum Gasteiger partial charge on any atom is 0.407 e. The molecule has 19 heteroatoms. The number of nitrogens with one attached hydrogen (secondary N) is 2. The molecule has 2 amide bonds. The van der Waals surface area contributed by atoms with Gasteiger partial charge >= 0.3 is 41.9 Å². The van der Waals surface area contributed by atoms with E-state index in [4.69, 9.17) is 43.7 Å². The molecule has 0 bridgehead atoms. The molecule has 0 radical (unpaired) electrons. The Morgan fingerprint density at radius 3 is 1.86 bits per heavy atom. The predicted molar refractivity (Wildman–Crippen MR) is 186 cm³/mol. The highest BCUT2D eigenvalue weighted by atomic mass is 16.7. The maximum atomic E-state index is 13.7. The molecule has 1 heterocycles. The smallest absolute Gasteiger partial charge is 0.407 e. The lowest BCUT2D eigenvalue weighted by atomic mass is 9.98. The van der Waals surface area contributed by atoms with Gasteiger partial charge in [-0.25, -0.2) is 9.59 Å². The summed E-state index contributed by atoms with van der Waals surface area (Å²) < 4.78 is 67.6. The van der Waals surface area contributed by atoms with E-state index in [1.807, 2.05) is 48.5 Å². The number of benzene rings is 2. The summed E-state index contributed by atoms with van der Waals surface area (Å²) in [6, 6.07) is 11.2. The van der Waals surface area contributed by atoms with Gasteiger partial charge in [-0.1, -0.05) is 48.5 Å². The molecular formula is C37H42N2O17. The first-order chi connectivity index (χ1) is 28.7. The average Bonchev–Trinajstić information content (AvgIpc) is 3.56. The Hall–Kier alpha value is -6.08. The molecule has 0 saturated carbocycles. The van der Waals surface area contributed by atoms with Gasteiger partial charge in [-0.15, -0.1) is 0 Å². The number of amides is 2. The molecular weight excluding hydrogens is 744 g/mol. The van der Waals surface area contributed by atoms with Crippen molar-refractivity contribution in [1.29, 1.82) is 0 Å². The van der Waals surface area contributed by atoms with Gasteiger partial charge in [0, 0.05) is 45.4 Å². The SMILES string of the molecule is [2H]CC(=O)OC[C@H]1OC(OC[C@H](NC(=O)OCC2c3ccccc3-c3ccccc32)C(=O)N[C@H](CCC(=O)O)C(=O)O)[C@@H](OC(=O)C[2H])[C@@H](OC(=O)C[2H])[C@@H]1OC(=O)C[2H]. The zero-order valence-corrected chi connectivity index (χ0v) is 29.6. The summed E-state index contributed by atoms with van der Waals surface area (Å²) >= 11 is 0. The van der Waals surface area contributed by atoms with Gasteiger partial charge < -0.3 is 54.0 Å². The summed E-state index contributed by atoms with van der Waals surface area (Å²) in [6.07, 6.45) is -11.9. The first kappa shape index (κ1) is 36.9. The summed E-state index contributed by atoms with van der Waals surface area (Å²) in [6.45, 7) is -5.93. The van der Waals surface area contributed by atoms with E-state index in [2.05, 4.69) is 10.6 Å². The number of hydrogen-bond donors (Lipinski definition) is 4. The van der Waals surface area contributed by atoms with Crippen molar-refractivity contribution in [2.24, 2.45) is 0 Å². The normalized spacial score (nSPS) is 21.8. The standard InChI is InChI=1S/C37H42N2O17/c1-18(40)50-17-29-31(53-19(2)41)32(54-20(3)42)33(55-21(4)43)36(56-29)51-16-28(34(46)38-27(35(47)48)13-14-30(44)45)39-37(49)52-15-26-24-11-7-5-9-22(24)23-10-6-8-12-25(23)26/h5-12,26-29,31-33,36H,13-17H2,1-4H3,(H,38,46)(H,39,49)(H,44,45)(H,47,48)/t27-,28+,29-,31-,32+,33+,36?/m1/s1/i1D,2D,3D,4D. The van der Waals surface area contributed by atoms with Crippen LogP contribution in [0.2, 0.25) is 0 Å². The molecule has 1 fully saturated rings. The second-order valence-corrected chi connectivity index (χ2v) is 12.3. The van der Waals surface area contributed by atoms with Gasteiger partial charge in [0.05, 0.1) is 6.61 Å². The third-order valence-electron chi connectivity index (χ3n) is 8.44. The van der Waals surface area contributed by atoms with Crippen LogP contribution >= 0.6 is 0 Å². The number of carboxylic acids is 2. The minimum absolute atomic E-state index is 0.234. The minimum atomic E-state index is -2.00. The number of rotatable bonds is 17. The van der Waals surface area contributed by atoms with E-state index < -0.39 is 150 Å². The summed E-state index contributed by atoms with van der Waals surface area (Å²) in [5.41, 5.74) is 3.53. The van der Waals surface area contributed by atoms with E-state index in [0.717, 1.165) is 22.3 Å². The molecule has 2 aromatic carbocycles. The van der Waals surface area contributed by atoms with Crippen molar-refractivity contribution in [3.63, 3.8) is 0 Å². The fourth-order valence-corrected chi connectivity index (χ4v) is 6.13. The zero-order chi connectivity index (χ0) is 43.9. The van der Waals surface area contributed by atoms with Crippen LogP contribution in [0.25, 0.3) is 11.1 Å². The monoisotopic (exact) mass is 790 g/mol. The number of esters is 4. The molecule has 4 N–H and O–H groups in total. The van der Waals surface area contributed by atoms with Crippen molar-refractivity contribution in [2.45, 2.75) is 89.1 Å². The second-order valence-electron chi connectivity index (χ2n) is 12.3. The quantitative estimate of drug-likeness (QED) is 0.130.